The van der Waals surface area contributed by atoms with E-state index in [0.29, 0.717) is 10.8 Å². The van der Waals surface area contributed by atoms with Crippen LogP contribution in [0.15, 0.2) is 30.6 Å². The van der Waals surface area contributed by atoms with Gasteiger partial charge in [0.2, 0.25) is 0 Å². The molecule has 0 aliphatic carbocycles. The molecule has 2 rings (SSSR count). The van der Waals surface area contributed by atoms with Crippen LogP contribution in [0.3, 0.4) is 0 Å². The minimum atomic E-state index is -0.0744. The zero-order chi connectivity index (χ0) is 13.8. The van der Waals surface area contributed by atoms with Gasteiger partial charge in [-0.15, -0.1) is 0 Å². The Kier molecular flexibility index (Phi) is 4.35. The molecule has 4 nitrogen and oxygen atoms in total. The molecular weight excluding hydrogens is 260 g/mol. The summed E-state index contributed by atoms with van der Waals surface area (Å²) in [6, 6.07) is 5.69. The van der Waals surface area contributed by atoms with Gasteiger partial charge in [-0.3, -0.25) is 4.98 Å². The lowest BCUT2D eigenvalue weighted by molar-refractivity contribution is 0.615. The Morgan fingerprint density at radius 1 is 1.32 bits per heavy atom. The zero-order valence-corrected chi connectivity index (χ0v) is 11.8. The van der Waals surface area contributed by atoms with Crippen LogP contribution in [0.1, 0.15) is 29.8 Å². The van der Waals surface area contributed by atoms with Gasteiger partial charge in [-0.2, -0.15) is 0 Å². The second-order valence-corrected chi connectivity index (χ2v) is 4.82. The number of anilines is 1. The van der Waals surface area contributed by atoms with E-state index < -0.39 is 0 Å². The highest BCUT2D eigenvalue weighted by atomic mass is 35.5. The van der Waals surface area contributed by atoms with E-state index in [1.54, 1.807) is 12.4 Å². The topological polar surface area (TPSA) is 63.8 Å². The fourth-order valence-electron chi connectivity index (χ4n) is 1.97. The van der Waals surface area contributed by atoms with Gasteiger partial charge < -0.3 is 11.1 Å². The summed E-state index contributed by atoms with van der Waals surface area (Å²) in [6.45, 7) is 4.85. The van der Waals surface area contributed by atoms with Crippen molar-refractivity contribution in [1.82, 2.24) is 15.3 Å². The molecule has 2 aromatic rings. The van der Waals surface area contributed by atoms with Gasteiger partial charge in [0.25, 0.3) is 0 Å². The lowest BCUT2D eigenvalue weighted by Crippen LogP contribution is -2.24. The third-order valence-electron chi connectivity index (χ3n) is 2.85. The number of hydrogen-bond donors (Lipinski definition) is 2. The molecule has 5 heteroatoms. The minimum Gasteiger partial charge on any atom is -0.383 e. The first-order valence-electron chi connectivity index (χ1n) is 6.18. The SMILES string of the molecule is CCNC(c1ccc(Cl)cn1)c1cc(C)cnc1N. The molecule has 19 heavy (non-hydrogen) atoms. The van der Waals surface area contributed by atoms with Gasteiger partial charge in [0.1, 0.15) is 5.82 Å². The molecule has 0 aliphatic rings. The largest absolute Gasteiger partial charge is 0.383 e. The summed E-state index contributed by atoms with van der Waals surface area (Å²) >= 11 is 5.88. The number of nitrogens with two attached hydrogens (primary N) is 1. The van der Waals surface area contributed by atoms with E-state index in [2.05, 4.69) is 15.3 Å². The van der Waals surface area contributed by atoms with Crippen LogP contribution in [-0.4, -0.2) is 16.5 Å². The third-order valence-corrected chi connectivity index (χ3v) is 3.08. The molecule has 0 amide bonds. The van der Waals surface area contributed by atoms with E-state index in [9.17, 15) is 0 Å². The van der Waals surface area contributed by atoms with Crippen molar-refractivity contribution in [3.63, 3.8) is 0 Å². The van der Waals surface area contributed by atoms with Crippen LogP contribution in [0.2, 0.25) is 5.02 Å². The molecule has 0 aromatic carbocycles. The van der Waals surface area contributed by atoms with Crippen molar-refractivity contribution in [2.24, 2.45) is 0 Å². The van der Waals surface area contributed by atoms with Crippen molar-refractivity contribution in [3.05, 3.63) is 52.4 Å². The van der Waals surface area contributed by atoms with Crippen molar-refractivity contribution in [2.45, 2.75) is 19.9 Å². The molecule has 2 aromatic heterocycles. The Morgan fingerprint density at radius 3 is 2.74 bits per heavy atom. The van der Waals surface area contributed by atoms with Crippen LogP contribution in [0, 0.1) is 6.92 Å². The second-order valence-electron chi connectivity index (χ2n) is 4.38. The van der Waals surface area contributed by atoms with Crippen LogP contribution in [0.25, 0.3) is 0 Å². The maximum atomic E-state index is 5.98. The van der Waals surface area contributed by atoms with Crippen molar-refractivity contribution < 1.29 is 0 Å². The van der Waals surface area contributed by atoms with Crippen LogP contribution in [0.5, 0.6) is 0 Å². The highest BCUT2D eigenvalue weighted by molar-refractivity contribution is 6.30. The van der Waals surface area contributed by atoms with Crippen molar-refractivity contribution >= 4 is 17.4 Å². The average molecular weight is 277 g/mol. The van der Waals surface area contributed by atoms with Crippen LogP contribution >= 0.6 is 11.6 Å². The second kappa shape index (κ2) is 5.99. The number of nitrogens with one attached hydrogen (secondary N) is 1. The fourth-order valence-corrected chi connectivity index (χ4v) is 2.08. The molecule has 3 N–H and O–H groups in total. The standard InChI is InChI=1S/C14H17ClN4/c1-3-17-13(12-5-4-10(15)8-18-12)11-6-9(2)7-19-14(11)16/h4-8,13,17H,3H2,1-2H3,(H2,16,19). The smallest absolute Gasteiger partial charge is 0.128 e. The first-order chi connectivity index (χ1) is 9.11. The van der Waals surface area contributed by atoms with Gasteiger partial charge >= 0.3 is 0 Å². The molecule has 1 unspecified atom stereocenters. The number of nitrogens with zero attached hydrogens (tertiary/aromatic N) is 2. The molecular formula is C14H17ClN4. The number of rotatable bonds is 4. The van der Waals surface area contributed by atoms with E-state index in [4.69, 9.17) is 17.3 Å². The summed E-state index contributed by atoms with van der Waals surface area (Å²) in [4.78, 5) is 8.58. The summed E-state index contributed by atoms with van der Waals surface area (Å²) < 4.78 is 0. The summed E-state index contributed by atoms with van der Waals surface area (Å²) in [6.07, 6.45) is 3.40. The Labute approximate surface area is 118 Å². The number of aromatic nitrogens is 2. The lowest BCUT2D eigenvalue weighted by atomic mass is 10.0. The predicted octanol–water partition coefficient (Wildman–Crippen LogP) is 2.72. The lowest BCUT2D eigenvalue weighted by Gasteiger charge is -2.19. The molecule has 0 saturated heterocycles. The summed E-state index contributed by atoms with van der Waals surface area (Å²) in [5.41, 5.74) is 8.87. The van der Waals surface area contributed by atoms with Crippen LogP contribution in [-0.2, 0) is 0 Å². The molecule has 100 valence electrons. The van der Waals surface area contributed by atoms with Crippen molar-refractivity contribution in [2.75, 3.05) is 12.3 Å². The maximum absolute atomic E-state index is 5.98. The average Bonchev–Trinajstić information content (AvgIpc) is 2.40. The predicted molar refractivity (Wildman–Crippen MR) is 78.2 cm³/mol. The summed E-state index contributed by atoms with van der Waals surface area (Å²) in [5, 5.41) is 4.00. The first kappa shape index (κ1) is 13.8. The van der Waals surface area contributed by atoms with Gasteiger partial charge in [-0.1, -0.05) is 18.5 Å². The molecule has 0 saturated carbocycles. The minimum absolute atomic E-state index is 0.0744. The van der Waals surface area contributed by atoms with E-state index in [1.165, 1.54) is 0 Å². The van der Waals surface area contributed by atoms with E-state index in [0.717, 1.165) is 23.4 Å². The number of halogens is 1. The van der Waals surface area contributed by atoms with E-state index in [-0.39, 0.29) is 6.04 Å². The summed E-state index contributed by atoms with van der Waals surface area (Å²) in [7, 11) is 0. The number of hydrogen-bond acceptors (Lipinski definition) is 4. The fraction of sp³-hybridized carbons (Fsp3) is 0.286. The highest BCUT2D eigenvalue weighted by Crippen LogP contribution is 2.25. The van der Waals surface area contributed by atoms with Gasteiger partial charge in [0.05, 0.1) is 16.8 Å². The Morgan fingerprint density at radius 2 is 2.11 bits per heavy atom. The van der Waals surface area contributed by atoms with Gasteiger partial charge in [-0.05, 0) is 37.2 Å². The number of nitrogen functional groups attached to an aromatic ring is 1. The number of aryl methyl sites for hydroxylation is 1. The monoisotopic (exact) mass is 276 g/mol. The summed E-state index contributed by atoms with van der Waals surface area (Å²) in [5.74, 6) is 0.522. The zero-order valence-electron chi connectivity index (χ0n) is 11.0. The Bertz CT molecular complexity index is 554. The molecule has 0 bridgehead atoms. The van der Waals surface area contributed by atoms with Gasteiger partial charge in [0.15, 0.2) is 0 Å². The van der Waals surface area contributed by atoms with Crippen molar-refractivity contribution in [3.8, 4) is 0 Å². The van der Waals surface area contributed by atoms with Crippen LogP contribution in [0.4, 0.5) is 5.82 Å². The third kappa shape index (κ3) is 3.22. The molecule has 0 aliphatic heterocycles. The maximum Gasteiger partial charge on any atom is 0.128 e. The van der Waals surface area contributed by atoms with Crippen LogP contribution < -0.4 is 11.1 Å². The van der Waals surface area contributed by atoms with Crippen molar-refractivity contribution in [1.29, 1.82) is 0 Å². The van der Waals surface area contributed by atoms with E-state index >= 15 is 0 Å². The quantitative estimate of drug-likeness (QED) is 0.901. The van der Waals surface area contributed by atoms with E-state index in [1.807, 2.05) is 32.0 Å². The Hall–Kier alpha value is -1.65. The first-order valence-corrected chi connectivity index (χ1v) is 6.56. The van der Waals surface area contributed by atoms with Gasteiger partial charge in [-0.25, -0.2) is 4.98 Å². The Balaban J connectivity index is 2.44. The molecule has 0 radical (unpaired) electrons. The molecule has 2 heterocycles. The van der Waals surface area contributed by atoms with Gasteiger partial charge in [0, 0.05) is 18.0 Å². The highest BCUT2D eigenvalue weighted by Gasteiger charge is 2.17. The molecule has 0 fully saturated rings. The normalized spacial score (nSPS) is 12.4. The molecule has 0 spiro atoms. The molecule has 1 atom stereocenters. The number of pyridine rings is 2.